The summed E-state index contributed by atoms with van der Waals surface area (Å²) in [7, 11) is 0. The Labute approximate surface area is 129 Å². The Hall–Kier alpha value is -0.740. The largest absolute Gasteiger partial charge is 0.453 e. The first-order chi connectivity index (χ1) is 9.53. The van der Waals surface area contributed by atoms with E-state index >= 15 is 0 Å². The SMILES string of the molecule is CC(C)c1c(C2(N)CCCCC2)cc(Br)c2c1OCO2. The highest BCUT2D eigenvalue weighted by Gasteiger charge is 2.36. The fourth-order valence-electron chi connectivity index (χ4n) is 3.49. The summed E-state index contributed by atoms with van der Waals surface area (Å²) < 4.78 is 12.3. The van der Waals surface area contributed by atoms with Crippen LogP contribution in [0.25, 0.3) is 0 Å². The Bertz CT molecular complexity index is 522. The van der Waals surface area contributed by atoms with Crippen molar-refractivity contribution in [2.75, 3.05) is 6.79 Å². The molecule has 4 heteroatoms. The van der Waals surface area contributed by atoms with E-state index in [1.54, 1.807) is 0 Å². The summed E-state index contributed by atoms with van der Waals surface area (Å²) in [4.78, 5) is 0. The summed E-state index contributed by atoms with van der Waals surface area (Å²) in [6, 6.07) is 2.16. The number of rotatable bonds is 2. The zero-order valence-electron chi connectivity index (χ0n) is 12.2. The molecule has 3 rings (SSSR count). The van der Waals surface area contributed by atoms with Crippen molar-refractivity contribution in [3.63, 3.8) is 0 Å². The van der Waals surface area contributed by atoms with Gasteiger partial charge >= 0.3 is 0 Å². The molecule has 1 heterocycles. The smallest absolute Gasteiger partial charge is 0.231 e. The van der Waals surface area contributed by atoms with E-state index in [0.717, 1.165) is 28.8 Å². The maximum absolute atomic E-state index is 6.76. The van der Waals surface area contributed by atoms with E-state index in [0.29, 0.717) is 12.7 Å². The van der Waals surface area contributed by atoms with Crippen LogP contribution in [0.2, 0.25) is 0 Å². The molecule has 1 aliphatic heterocycles. The molecule has 0 saturated heterocycles. The average Bonchev–Trinajstić information content (AvgIpc) is 2.88. The van der Waals surface area contributed by atoms with Gasteiger partial charge in [0.25, 0.3) is 0 Å². The van der Waals surface area contributed by atoms with Gasteiger partial charge in [0, 0.05) is 11.1 Å². The minimum atomic E-state index is -0.221. The molecule has 1 aromatic carbocycles. The molecule has 0 radical (unpaired) electrons. The van der Waals surface area contributed by atoms with Crippen LogP contribution in [0.1, 0.15) is 63.0 Å². The van der Waals surface area contributed by atoms with Crippen LogP contribution >= 0.6 is 15.9 Å². The van der Waals surface area contributed by atoms with Gasteiger partial charge in [0.2, 0.25) is 6.79 Å². The van der Waals surface area contributed by atoms with Crippen molar-refractivity contribution in [2.24, 2.45) is 5.73 Å². The van der Waals surface area contributed by atoms with Crippen LogP contribution in [-0.4, -0.2) is 6.79 Å². The standard InChI is InChI=1S/C16H22BrNO2/c1-10(2)13-11(16(18)6-4-3-5-7-16)8-12(17)14-15(13)20-9-19-14/h8,10H,3-7,9,18H2,1-2H3. The lowest BCUT2D eigenvalue weighted by atomic mass is 9.74. The fraction of sp³-hybridized carbons (Fsp3) is 0.625. The van der Waals surface area contributed by atoms with Crippen LogP contribution in [0.5, 0.6) is 11.5 Å². The minimum Gasteiger partial charge on any atom is -0.453 e. The zero-order chi connectivity index (χ0) is 14.3. The van der Waals surface area contributed by atoms with E-state index in [1.165, 1.54) is 30.4 Å². The van der Waals surface area contributed by atoms with Gasteiger partial charge in [-0.05, 0) is 46.3 Å². The summed E-state index contributed by atoms with van der Waals surface area (Å²) in [5, 5.41) is 0. The molecule has 2 N–H and O–H groups in total. The number of ether oxygens (including phenoxy) is 2. The second-order valence-electron chi connectivity index (χ2n) is 6.26. The maximum Gasteiger partial charge on any atom is 0.231 e. The van der Waals surface area contributed by atoms with Crippen molar-refractivity contribution in [3.05, 3.63) is 21.7 Å². The van der Waals surface area contributed by atoms with E-state index in [-0.39, 0.29) is 5.54 Å². The van der Waals surface area contributed by atoms with Crippen LogP contribution in [-0.2, 0) is 5.54 Å². The minimum absolute atomic E-state index is 0.221. The second-order valence-corrected chi connectivity index (χ2v) is 7.11. The first kappa shape index (κ1) is 14.2. The van der Waals surface area contributed by atoms with E-state index in [1.807, 2.05) is 0 Å². The first-order valence-electron chi connectivity index (χ1n) is 7.44. The molecule has 1 aromatic rings. The Morgan fingerprint density at radius 1 is 1.15 bits per heavy atom. The topological polar surface area (TPSA) is 44.5 Å². The Morgan fingerprint density at radius 3 is 2.45 bits per heavy atom. The van der Waals surface area contributed by atoms with Crippen LogP contribution in [0.3, 0.4) is 0 Å². The van der Waals surface area contributed by atoms with Crippen LogP contribution in [0.15, 0.2) is 10.5 Å². The molecule has 0 aromatic heterocycles. The number of fused-ring (bicyclic) bond motifs is 1. The lowest BCUT2D eigenvalue weighted by Crippen LogP contribution is -2.39. The van der Waals surface area contributed by atoms with Gasteiger partial charge in [-0.3, -0.25) is 0 Å². The third-order valence-corrected chi connectivity index (χ3v) is 5.08. The summed E-state index contributed by atoms with van der Waals surface area (Å²) in [6.45, 7) is 4.69. The molecular formula is C16H22BrNO2. The van der Waals surface area contributed by atoms with Gasteiger partial charge in [-0.1, -0.05) is 33.1 Å². The van der Waals surface area contributed by atoms with Gasteiger partial charge in [0.1, 0.15) is 0 Å². The van der Waals surface area contributed by atoms with Gasteiger partial charge in [-0.25, -0.2) is 0 Å². The molecule has 0 unspecified atom stereocenters. The number of benzene rings is 1. The van der Waals surface area contributed by atoms with Crippen molar-refractivity contribution in [2.45, 2.75) is 57.4 Å². The molecular weight excluding hydrogens is 318 g/mol. The van der Waals surface area contributed by atoms with Crippen LogP contribution in [0, 0.1) is 0 Å². The van der Waals surface area contributed by atoms with Crippen molar-refractivity contribution in [1.82, 2.24) is 0 Å². The van der Waals surface area contributed by atoms with E-state index in [9.17, 15) is 0 Å². The van der Waals surface area contributed by atoms with E-state index < -0.39 is 0 Å². The Morgan fingerprint density at radius 2 is 1.80 bits per heavy atom. The summed E-state index contributed by atoms with van der Waals surface area (Å²) in [5.74, 6) is 2.09. The van der Waals surface area contributed by atoms with Gasteiger partial charge in [-0.2, -0.15) is 0 Å². The Balaban J connectivity index is 2.17. The van der Waals surface area contributed by atoms with E-state index in [4.69, 9.17) is 15.2 Å². The predicted octanol–water partition coefficient (Wildman–Crippen LogP) is 4.42. The quantitative estimate of drug-likeness (QED) is 0.867. The highest BCUT2D eigenvalue weighted by atomic mass is 79.9. The van der Waals surface area contributed by atoms with Crippen molar-refractivity contribution < 1.29 is 9.47 Å². The molecule has 0 atom stereocenters. The number of hydrogen-bond acceptors (Lipinski definition) is 3. The molecule has 20 heavy (non-hydrogen) atoms. The van der Waals surface area contributed by atoms with Gasteiger partial charge < -0.3 is 15.2 Å². The zero-order valence-corrected chi connectivity index (χ0v) is 13.8. The average molecular weight is 340 g/mol. The summed E-state index contributed by atoms with van der Waals surface area (Å²) in [6.07, 6.45) is 5.82. The predicted molar refractivity (Wildman–Crippen MR) is 83.3 cm³/mol. The van der Waals surface area contributed by atoms with Crippen molar-refractivity contribution >= 4 is 15.9 Å². The molecule has 110 valence electrons. The third kappa shape index (κ3) is 2.23. The van der Waals surface area contributed by atoms with Crippen LogP contribution in [0.4, 0.5) is 0 Å². The molecule has 1 aliphatic carbocycles. The fourth-order valence-corrected chi connectivity index (χ4v) is 4.01. The lowest BCUT2D eigenvalue weighted by molar-refractivity contribution is 0.172. The normalized spacial score (nSPS) is 20.4. The van der Waals surface area contributed by atoms with E-state index in [2.05, 4.69) is 35.8 Å². The maximum atomic E-state index is 6.76. The van der Waals surface area contributed by atoms with Gasteiger partial charge in [-0.15, -0.1) is 0 Å². The molecule has 1 saturated carbocycles. The number of hydrogen-bond donors (Lipinski definition) is 1. The highest BCUT2D eigenvalue weighted by Crippen LogP contribution is 2.50. The first-order valence-corrected chi connectivity index (χ1v) is 8.23. The Kier molecular flexibility index (Phi) is 3.71. The monoisotopic (exact) mass is 339 g/mol. The highest BCUT2D eigenvalue weighted by molar-refractivity contribution is 9.10. The molecule has 0 bridgehead atoms. The number of nitrogens with two attached hydrogens (primary N) is 1. The molecule has 2 aliphatic rings. The third-order valence-electron chi connectivity index (χ3n) is 4.50. The molecule has 3 nitrogen and oxygen atoms in total. The second kappa shape index (κ2) is 5.23. The molecule has 0 spiro atoms. The number of halogens is 1. The van der Waals surface area contributed by atoms with Gasteiger partial charge in [0.15, 0.2) is 11.5 Å². The summed E-state index contributed by atoms with van der Waals surface area (Å²) >= 11 is 3.61. The molecule has 0 amide bonds. The van der Waals surface area contributed by atoms with Crippen LogP contribution < -0.4 is 15.2 Å². The lowest BCUT2D eigenvalue weighted by Gasteiger charge is -2.36. The van der Waals surface area contributed by atoms with Gasteiger partial charge in [0.05, 0.1) is 4.47 Å². The van der Waals surface area contributed by atoms with Crippen molar-refractivity contribution in [3.8, 4) is 11.5 Å². The molecule has 1 fully saturated rings. The summed E-state index contributed by atoms with van der Waals surface area (Å²) in [5.41, 5.74) is 9.01. The van der Waals surface area contributed by atoms with Crippen molar-refractivity contribution in [1.29, 1.82) is 0 Å².